The molecule has 0 radical (unpaired) electrons. The van der Waals surface area contributed by atoms with Gasteiger partial charge in [-0.1, -0.05) is 84.9 Å². The Morgan fingerprint density at radius 1 is 0.854 bits per heavy atom. The lowest BCUT2D eigenvalue weighted by Gasteiger charge is -2.29. The van der Waals surface area contributed by atoms with E-state index in [4.69, 9.17) is 4.74 Å². The first-order valence-corrected chi connectivity index (χ1v) is 14.8. The van der Waals surface area contributed by atoms with E-state index in [0.29, 0.717) is 19.3 Å². The molecule has 0 unspecified atom stereocenters. The number of ether oxygens (including phenoxy) is 1. The molecule has 1 fully saturated rings. The molecule has 1 saturated carbocycles. The molecule has 0 saturated heterocycles. The molecule has 216 valence electrons. The summed E-state index contributed by atoms with van der Waals surface area (Å²) in [4.78, 5) is 26.6. The monoisotopic (exact) mass is 556 g/mol. The molecule has 41 heavy (non-hydrogen) atoms. The summed E-state index contributed by atoms with van der Waals surface area (Å²) in [6.07, 6.45) is 2.88. The molecule has 7 nitrogen and oxygen atoms in total. The van der Waals surface area contributed by atoms with Gasteiger partial charge in [-0.25, -0.2) is 4.79 Å². The SMILES string of the molecule is O=C(N[C@@H](Cc1ccccc1)[C@@H](O)C[C@H](Cc1ccccc1)C(=O)N[C@H]1c2ccccc2C[C@H]1O)OC1CCCC1. The van der Waals surface area contributed by atoms with Gasteiger partial charge < -0.3 is 25.6 Å². The highest BCUT2D eigenvalue weighted by atomic mass is 16.6. The number of aliphatic hydroxyl groups is 2. The largest absolute Gasteiger partial charge is 0.446 e. The first-order valence-electron chi connectivity index (χ1n) is 14.8. The van der Waals surface area contributed by atoms with E-state index in [1.54, 1.807) is 0 Å². The van der Waals surface area contributed by atoms with Crippen LogP contribution in [-0.2, 0) is 28.8 Å². The van der Waals surface area contributed by atoms with Gasteiger partial charge in [-0.3, -0.25) is 4.79 Å². The summed E-state index contributed by atoms with van der Waals surface area (Å²) in [5.41, 5.74) is 3.89. The summed E-state index contributed by atoms with van der Waals surface area (Å²) >= 11 is 0. The van der Waals surface area contributed by atoms with E-state index in [2.05, 4.69) is 10.6 Å². The first kappa shape index (κ1) is 28.8. The van der Waals surface area contributed by atoms with Gasteiger partial charge in [0, 0.05) is 12.3 Å². The maximum Gasteiger partial charge on any atom is 0.407 e. The fraction of sp³-hybridized carbons (Fsp3) is 0.412. The summed E-state index contributed by atoms with van der Waals surface area (Å²) in [6.45, 7) is 0. The van der Waals surface area contributed by atoms with Crippen LogP contribution in [0.25, 0.3) is 0 Å². The highest BCUT2D eigenvalue weighted by Crippen LogP contribution is 2.32. The third kappa shape index (κ3) is 7.75. The van der Waals surface area contributed by atoms with Crippen LogP contribution in [0.2, 0.25) is 0 Å². The van der Waals surface area contributed by atoms with Crippen molar-refractivity contribution in [1.82, 2.24) is 10.6 Å². The smallest absolute Gasteiger partial charge is 0.407 e. The van der Waals surface area contributed by atoms with Gasteiger partial charge in [-0.15, -0.1) is 0 Å². The molecule has 2 aliphatic rings. The number of carbonyl (C=O) groups is 2. The van der Waals surface area contributed by atoms with Crippen molar-refractivity contribution >= 4 is 12.0 Å². The van der Waals surface area contributed by atoms with E-state index in [1.165, 1.54) is 0 Å². The van der Waals surface area contributed by atoms with E-state index in [1.807, 2.05) is 84.9 Å². The fourth-order valence-corrected chi connectivity index (χ4v) is 6.15. The van der Waals surface area contributed by atoms with Crippen molar-refractivity contribution in [3.05, 3.63) is 107 Å². The van der Waals surface area contributed by atoms with Gasteiger partial charge in [0.25, 0.3) is 0 Å². The highest BCUT2D eigenvalue weighted by Gasteiger charge is 2.35. The normalized spacial score (nSPS) is 20.5. The predicted octanol–water partition coefficient (Wildman–Crippen LogP) is 4.65. The number of rotatable bonds is 11. The Morgan fingerprint density at radius 2 is 1.46 bits per heavy atom. The number of nitrogens with one attached hydrogen (secondary N) is 2. The highest BCUT2D eigenvalue weighted by molar-refractivity contribution is 5.80. The zero-order chi connectivity index (χ0) is 28.6. The Bertz CT molecular complexity index is 1280. The molecule has 4 N–H and O–H groups in total. The van der Waals surface area contributed by atoms with Crippen molar-refractivity contribution in [2.24, 2.45) is 5.92 Å². The maximum absolute atomic E-state index is 13.8. The Kier molecular flexibility index (Phi) is 9.70. The minimum atomic E-state index is -1.01. The van der Waals surface area contributed by atoms with Crippen molar-refractivity contribution < 1.29 is 24.5 Å². The summed E-state index contributed by atoms with van der Waals surface area (Å²) in [5, 5.41) is 28.3. The first-order chi connectivity index (χ1) is 20.0. The average molecular weight is 557 g/mol. The van der Waals surface area contributed by atoms with Crippen molar-refractivity contribution in [1.29, 1.82) is 0 Å². The second-order valence-electron chi connectivity index (χ2n) is 11.4. The zero-order valence-electron chi connectivity index (χ0n) is 23.3. The lowest BCUT2D eigenvalue weighted by Crippen LogP contribution is -2.48. The summed E-state index contributed by atoms with van der Waals surface area (Å²) < 4.78 is 5.64. The molecule has 7 heteroatoms. The minimum absolute atomic E-state index is 0.0955. The molecular formula is C34H40N2O5. The van der Waals surface area contributed by atoms with Gasteiger partial charge in [0.1, 0.15) is 6.10 Å². The van der Waals surface area contributed by atoms with E-state index in [0.717, 1.165) is 47.9 Å². The molecule has 0 spiro atoms. The summed E-state index contributed by atoms with van der Waals surface area (Å²) in [5.74, 6) is -0.820. The number of hydrogen-bond acceptors (Lipinski definition) is 5. The second kappa shape index (κ2) is 13.8. The van der Waals surface area contributed by atoms with Gasteiger partial charge in [-0.2, -0.15) is 0 Å². The Morgan fingerprint density at radius 3 is 2.15 bits per heavy atom. The molecular weight excluding hydrogens is 516 g/mol. The number of alkyl carbamates (subject to hydrolysis) is 1. The predicted molar refractivity (Wildman–Crippen MR) is 157 cm³/mol. The Hall–Kier alpha value is -3.68. The number of hydrogen-bond donors (Lipinski definition) is 4. The molecule has 3 aromatic carbocycles. The Balaban J connectivity index is 1.33. The molecule has 5 rings (SSSR count). The van der Waals surface area contributed by atoms with Crippen molar-refractivity contribution in [3.63, 3.8) is 0 Å². The van der Waals surface area contributed by atoms with Gasteiger partial charge in [0.15, 0.2) is 0 Å². The van der Waals surface area contributed by atoms with Crippen LogP contribution in [0.4, 0.5) is 4.79 Å². The molecule has 0 heterocycles. The molecule has 2 aliphatic carbocycles. The quantitative estimate of drug-likeness (QED) is 0.275. The average Bonchev–Trinajstić information content (AvgIpc) is 3.60. The molecule has 5 atom stereocenters. The lowest BCUT2D eigenvalue weighted by molar-refractivity contribution is -0.127. The van der Waals surface area contributed by atoms with E-state index < -0.39 is 36.3 Å². The molecule has 0 aliphatic heterocycles. The number of aliphatic hydroxyl groups excluding tert-OH is 2. The van der Waals surface area contributed by atoms with Crippen LogP contribution in [0, 0.1) is 5.92 Å². The third-order valence-electron chi connectivity index (χ3n) is 8.37. The van der Waals surface area contributed by atoms with Crippen molar-refractivity contribution in [3.8, 4) is 0 Å². The fourth-order valence-electron chi connectivity index (χ4n) is 6.15. The van der Waals surface area contributed by atoms with Gasteiger partial charge in [-0.05, 0) is 67.2 Å². The molecule has 0 aromatic heterocycles. The maximum atomic E-state index is 13.8. The number of carbonyl (C=O) groups excluding carboxylic acids is 2. The standard InChI is InChI=1S/C34H40N2O5/c37-30(29(20-24-13-5-2-6-14-24)35-34(40)41-27-16-8-9-17-27)22-26(19-23-11-3-1-4-12-23)33(39)36-32-28-18-10-7-15-25(28)21-31(32)38/h1-7,10-15,18,26-27,29-32,37-38H,8-9,16-17,19-22H2,(H,35,40)(H,36,39)/t26-,29-,30-,31+,32-/m0/s1. The zero-order valence-corrected chi connectivity index (χ0v) is 23.3. The van der Waals surface area contributed by atoms with Crippen LogP contribution in [0.1, 0.15) is 60.4 Å². The van der Waals surface area contributed by atoms with Gasteiger partial charge in [0.2, 0.25) is 5.91 Å². The summed E-state index contributed by atoms with van der Waals surface area (Å²) in [6, 6.07) is 26.0. The van der Waals surface area contributed by atoms with Crippen LogP contribution in [0.15, 0.2) is 84.9 Å². The summed E-state index contributed by atoms with van der Waals surface area (Å²) in [7, 11) is 0. The number of amides is 2. The molecule has 0 bridgehead atoms. The lowest BCUT2D eigenvalue weighted by atomic mass is 9.88. The topological polar surface area (TPSA) is 108 Å². The molecule has 3 aromatic rings. The third-order valence-corrected chi connectivity index (χ3v) is 8.37. The van der Waals surface area contributed by atoms with Crippen LogP contribution in [0.5, 0.6) is 0 Å². The molecule has 2 amide bonds. The van der Waals surface area contributed by atoms with Gasteiger partial charge in [0.05, 0.1) is 24.3 Å². The van der Waals surface area contributed by atoms with Crippen LogP contribution < -0.4 is 10.6 Å². The van der Waals surface area contributed by atoms with E-state index in [9.17, 15) is 19.8 Å². The van der Waals surface area contributed by atoms with E-state index >= 15 is 0 Å². The number of benzene rings is 3. The second-order valence-corrected chi connectivity index (χ2v) is 11.4. The van der Waals surface area contributed by atoms with Crippen molar-refractivity contribution in [2.45, 2.75) is 81.8 Å². The van der Waals surface area contributed by atoms with Crippen LogP contribution in [-0.4, -0.2) is 46.6 Å². The van der Waals surface area contributed by atoms with E-state index in [-0.39, 0.29) is 18.4 Å². The number of fused-ring (bicyclic) bond motifs is 1. The van der Waals surface area contributed by atoms with Crippen LogP contribution in [0.3, 0.4) is 0 Å². The van der Waals surface area contributed by atoms with Gasteiger partial charge >= 0.3 is 6.09 Å². The van der Waals surface area contributed by atoms with Crippen molar-refractivity contribution in [2.75, 3.05) is 0 Å². The van der Waals surface area contributed by atoms with Crippen LogP contribution >= 0.6 is 0 Å². The minimum Gasteiger partial charge on any atom is -0.446 e. The Labute approximate surface area is 241 Å².